The van der Waals surface area contributed by atoms with Gasteiger partial charge in [0.1, 0.15) is 5.82 Å². The van der Waals surface area contributed by atoms with E-state index in [0.717, 1.165) is 54.0 Å². The summed E-state index contributed by atoms with van der Waals surface area (Å²) < 4.78 is 13.1. The van der Waals surface area contributed by atoms with E-state index in [9.17, 15) is 9.18 Å². The molecule has 3 aromatic rings. The van der Waals surface area contributed by atoms with E-state index in [4.69, 9.17) is 0 Å². The van der Waals surface area contributed by atoms with Gasteiger partial charge in [0.2, 0.25) is 0 Å². The van der Waals surface area contributed by atoms with Crippen LogP contribution in [0.25, 0.3) is 10.9 Å². The number of aromatic amines is 1. The lowest BCUT2D eigenvalue weighted by atomic mass is 10.0. The smallest absolute Gasteiger partial charge is 0.182 e. The highest BCUT2D eigenvalue weighted by Gasteiger charge is 2.28. The van der Waals surface area contributed by atoms with Gasteiger partial charge in [-0.1, -0.05) is 18.2 Å². The topological polar surface area (TPSA) is 39.3 Å². The largest absolute Gasteiger partial charge is 0.369 e. The number of carbonyl (C=O) groups is 1. The highest BCUT2D eigenvalue weighted by molar-refractivity contribution is 6.11. The van der Waals surface area contributed by atoms with Crippen LogP contribution in [0, 0.1) is 12.7 Å². The summed E-state index contributed by atoms with van der Waals surface area (Å²) in [6, 6.07) is 14.4. The van der Waals surface area contributed by atoms with Crippen LogP contribution < -0.4 is 4.90 Å². The maximum Gasteiger partial charge on any atom is 0.182 e. The molecule has 1 saturated heterocycles. The van der Waals surface area contributed by atoms with E-state index in [2.05, 4.69) is 14.8 Å². The molecular weight excluding hydrogens is 341 g/mol. The molecule has 1 N–H and O–H groups in total. The van der Waals surface area contributed by atoms with Gasteiger partial charge in [-0.3, -0.25) is 9.69 Å². The Morgan fingerprint density at radius 3 is 2.41 bits per heavy atom. The van der Waals surface area contributed by atoms with Gasteiger partial charge < -0.3 is 9.88 Å². The summed E-state index contributed by atoms with van der Waals surface area (Å²) in [6.45, 7) is 7.24. The second-order valence-corrected chi connectivity index (χ2v) is 7.21. The molecule has 5 heteroatoms. The normalized spacial score (nSPS) is 16.6. The summed E-state index contributed by atoms with van der Waals surface area (Å²) >= 11 is 0. The molecule has 0 radical (unpaired) electrons. The summed E-state index contributed by atoms with van der Waals surface area (Å²) in [6.07, 6.45) is 0. The highest BCUT2D eigenvalue weighted by Crippen LogP contribution is 2.25. The number of hydrogen-bond donors (Lipinski definition) is 1. The summed E-state index contributed by atoms with van der Waals surface area (Å²) in [5, 5.41) is 0.997. The van der Waals surface area contributed by atoms with Crippen molar-refractivity contribution in [3.8, 4) is 0 Å². The van der Waals surface area contributed by atoms with E-state index < -0.39 is 0 Å². The second kappa shape index (κ2) is 7.16. The number of ketones is 1. The average Bonchev–Trinajstić information content (AvgIpc) is 3.03. The van der Waals surface area contributed by atoms with E-state index in [1.807, 2.05) is 50.2 Å². The third kappa shape index (κ3) is 3.35. The van der Waals surface area contributed by atoms with Crippen LogP contribution in [0.4, 0.5) is 10.1 Å². The lowest BCUT2D eigenvalue weighted by Gasteiger charge is -2.38. The predicted molar refractivity (Wildman–Crippen MR) is 107 cm³/mol. The molecule has 0 unspecified atom stereocenters. The zero-order valence-corrected chi connectivity index (χ0v) is 15.7. The molecule has 27 heavy (non-hydrogen) atoms. The Hall–Kier alpha value is -2.66. The number of rotatable bonds is 4. The third-order valence-corrected chi connectivity index (χ3v) is 5.57. The van der Waals surface area contributed by atoms with Crippen LogP contribution in [0.15, 0.2) is 48.5 Å². The molecule has 1 aromatic heterocycles. The quantitative estimate of drug-likeness (QED) is 0.710. The number of fused-ring (bicyclic) bond motifs is 1. The molecule has 0 aliphatic carbocycles. The predicted octanol–water partition coefficient (Wildman–Crippen LogP) is 4.01. The van der Waals surface area contributed by atoms with Crippen molar-refractivity contribution in [2.45, 2.75) is 19.9 Å². The number of Topliss-reactive ketones (excluding diaryl/α,β-unsaturated/α-hetero) is 1. The molecule has 0 spiro atoms. The number of H-pyrrole nitrogens is 1. The Morgan fingerprint density at radius 1 is 1.04 bits per heavy atom. The van der Waals surface area contributed by atoms with Crippen molar-refractivity contribution in [3.63, 3.8) is 0 Å². The zero-order valence-electron chi connectivity index (χ0n) is 15.7. The van der Waals surface area contributed by atoms with Crippen LogP contribution in [0.1, 0.15) is 23.0 Å². The van der Waals surface area contributed by atoms with Crippen LogP contribution in [0.3, 0.4) is 0 Å². The van der Waals surface area contributed by atoms with Crippen molar-refractivity contribution in [1.82, 2.24) is 9.88 Å². The molecule has 140 valence electrons. The van der Waals surface area contributed by atoms with E-state index >= 15 is 0 Å². The minimum absolute atomic E-state index is 0.167. The summed E-state index contributed by atoms with van der Waals surface area (Å²) in [7, 11) is 0. The van der Waals surface area contributed by atoms with E-state index in [-0.39, 0.29) is 17.6 Å². The van der Waals surface area contributed by atoms with Crippen molar-refractivity contribution in [2.24, 2.45) is 0 Å². The molecule has 1 aliphatic rings. The van der Waals surface area contributed by atoms with Crippen LogP contribution in [0.2, 0.25) is 0 Å². The Labute approximate surface area is 158 Å². The molecule has 1 atom stereocenters. The standard InChI is InChI=1S/C22H24FN3O/c1-15-21(19-5-3-4-6-20(19)24-15)22(27)16(2)25-11-13-26(14-12-25)18-9-7-17(23)8-10-18/h3-10,16,24H,11-14H2,1-2H3/t16-/m0/s1. The molecule has 0 amide bonds. The molecule has 2 aromatic carbocycles. The molecular formula is C22H24FN3O. The maximum atomic E-state index is 13.2. The number of piperazine rings is 1. The first-order valence-electron chi connectivity index (χ1n) is 9.40. The van der Waals surface area contributed by atoms with E-state index in [1.54, 1.807) is 0 Å². The van der Waals surface area contributed by atoms with Crippen LogP contribution >= 0.6 is 0 Å². The fourth-order valence-electron chi connectivity index (χ4n) is 3.99. The van der Waals surface area contributed by atoms with Crippen molar-refractivity contribution in [3.05, 3.63) is 65.6 Å². The number of anilines is 1. The molecule has 0 saturated carbocycles. The van der Waals surface area contributed by atoms with E-state index in [1.165, 1.54) is 12.1 Å². The Balaban J connectivity index is 1.47. The second-order valence-electron chi connectivity index (χ2n) is 7.21. The number of nitrogens with zero attached hydrogens (tertiary/aromatic N) is 2. The molecule has 2 heterocycles. The highest BCUT2D eigenvalue weighted by atomic mass is 19.1. The minimum Gasteiger partial charge on any atom is -0.369 e. The van der Waals surface area contributed by atoms with Gasteiger partial charge in [0.25, 0.3) is 0 Å². The first-order chi connectivity index (χ1) is 13.0. The minimum atomic E-state index is -0.217. The average molecular weight is 365 g/mol. The van der Waals surface area contributed by atoms with Crippen LogP contribution in [-0.4, -0.2) is 47.9 Å². The van der Waals surface area contributed by atoms with Crippen LogP contribution in [-0.2, 0) is 0 Å². The van der Waals surface area contributed by atoms with Gasteiger partial charge in [0, 0.05) is 54.0 Å². The Bertz CT molecular complexity index is 955. The van der Waals surface area contributed by atoms with Crippen molar-refractivity contribution >= 4 is 22.4 Å². The number of para-hydroxylation sites is 1. The molecule has 4 nitrogen and oxygen atoms in total. The lowest BCUT2D eigenvalue weighted by Crippen LogP contribution is -2.51. The maximum absolute atomic E-state index is 13.2. The Kier molecular flexibility index (Phi) is 4.70. The number of aromatic nitrogens is 1. The number of halogens is 1. The summed E-state index contributed by atoms with van der Waals surface area (Å²) in [5.41, 5.74) is 3.77. The lowest BCUT2D eigenvalue weighted by molar-refractivity contribution is 0.0831. The molecule has 0 bridgehead atoms. The Morgan fingerprint density at radius 2 is 1.70 bits per heavy atom. The number of aryl methyl sites for hydroxylation is 1. The fourth-order valence-corrected chi connectivity index (χ4v) is 3.99. The van der Waals surface area contributed by atoms with Gasteiger partial charge in [-0.15, -0.1) is 0 Å². The van der Waals surface area contributed by atoms with Gasteiger partial charge in [-0.2, -0.15) is 0 Å². The molecule has 1 fully saturated rings. The SMILES string of the molecule is Cc1[nH]c2ccccc2c1C(=O)[C@H](C)N1CCN(c2ccc(F)cc2)CC1. The van der Waals surface area contributed by atoms with Crippen molar-refractivity contribution in [2.75, 3.05) is 31.1 Å². The first-order valence-corrected chi connectivity index (χ1v) is 9.40. The zero-order chi connectivity index (χ0) is 19.0. The van der Waals surface area contributed by atoms with E-state index in [0.29, 0.717) is 0 Å². The van der Waals surface area contributed by atoms with Gasteiger partial charge in [-0.25, -0.2) is 4.39 Å². The van der Waals surface area contributed by atoms with Gasteiger partial charge in [0.15, 0.2) is 5.78 Å². The fraction of sp³-hybridized carbons (Fsp3) is 0.318. The molecule has 1 aliphatic heterocycles. The number of hydrogen-bond acceptors (Lipinski definition) is 3. The van der Waals surface area contributed by atoms with Gasteiger partial charge >= 0.3 is 0 Å². The van der Waals surface area contributed by atoms with Crippen LogP contribution in [0.5, 0.6) is 0 Å². The first kappa shape index (κ1) is 17.7. The monoisotopic (exact) mass is 365 g/mol. The van der Waals surface area contributed by atoms with Crippen molar-refractivity contribution in [1.29, 1.82) is 0 Å². The third-order valence-electron chi connectivity index (χ3n) is 5.57. The number of carbonyl (C=O) groups excluding carboxylic acids is 1. The summed E-state index contributed by atoms with van der Waals surface area (Å²) in [4.78, 5) is 21.0. The number of nitrogens with one attached hydrogen (secondary N) is 1. The van der Waals surface area contributed by atoms with Gasteiger partial charge in [0.05, 0.1) is 6.04 Å². The summed E-state index contributed by atoms with van der Waals surface area (Å²) in [5.74, 6) is -0.0501. The number of benzene rings is 2. The van der Waals surface area contributed by atoms with Gasteiger partial charge in [-0.05, 0) is 44.2 Å². The van der Waals surface area contributed by atoms with Crippen molar-refractivity contribution < 1.29 is 9.18 Å². The molecule has 4 rings (SSSR count).